The fourth-order valence-corrected chi connectivity index (χ4v) is 16.8. The van der Waals surface area contributed by atoms with Gasteiger partial charge in [-0.15, -0.1) is 0 Å². The molecule has 1 N–H and O–H groups in total. The molecule has 0 fully saturated rings. The maximum absolute atomic E-state index is 12.4. The van der Waals surface area contributed by atoms with Crippen LogP contribution in [0.3, 0.4) is 0 Å². The Morgan fingerprint density at radius 1 is 0.500 bits per heavy atom. The second-order valence-corrected chi connectivity index (χ2v) is 33.2. The molecule has 9 heteroatoms. The van der Waals surface area contributed by atoms with Crippen LogP contribution in [0.1, 0.15) is 0 Å². The molecule has 0 atom stereocenters. The first-order valence-electron chi connectivity index (χ1n) is 11.0. The molecule has 36 heavy (non-hydrogen) atoms. The van der Waals surface area contributed by atoms with Crippen LogP contribution in [0.15, 0.2) is 121 Å². The summed E-state index contributed by atoms with van der Waals surface area (Å²) in [7, 11) is 12.0. The van der Waals surface area contributed by atoms with Crippen molar-refractivity contribution in [2.75, 3.05) is 13.3 Å². The SMILES string of the molecule is C[PH](c1ccccc1)(c1ccccc1)C(O)[PH](C)(c1ccccc1)c1ccccc1.[Cl][Ru]([Cl])([Cl])[Cl].[LiH]. The van der Waals surface area contributed by atoms with Crippen LogP contribution in [-0.2, 0) is 10.8 Å². The molecule has 0 spiro atoms. The second-order valence-electron chi connectivity index (χ2n) is 8.57. The summed E-state index contributed by atoms with van der Waals surface area (Å²) in [6.07, 6.45) is 0. The number of halogens is 4. The van der Waals surface area contributed by atoms with Crippen LogP contribution in [0.4, 0.5) is 0 Å². The van der Waals surface area contributed by atoms with Crippen molar-refractivity contribution in [1.29, 1.82) is 0 Å². The molecule has 0 amide bonds. The van der Waals surface area contributed by atoms with Crippen LogP contribution in [0, 0.1) is 0 Å². The van der Waals surface area contributed by atoms with Crippen molar-refractivity contribution in [3.8, 4) is 0 Å². The van der Waals surface area contributed by atoms with E-state index in [9.17, 15) is 5.11 Å². The van der Waals surface area contributed by atoms with E-state index in [1.807, 2.05) is 0 Å². The molecular formula is C27H31Cl4LiOP2Ru. The molecule has 1 nitrogen and oxygen atoms in total. The van der Waals surface area contributed by atoms with Gasteiger partial charge in [0.05, 0.1) is 0 Å². The first-order valence-corrected chi connectivity index (χ1v) is 25.1. The molecule has 0 aliphatic heterocycles. The summed E-state index contributed by atoms with van der Waals surface area (Å²) in [5, 5.41) is 17.5. The van der Waals surface area contributed by atoms with Crippen molar-refractivity contribution in [3.05, 3.63) is 121 Å². The standard InChI is InChI=1S/C27H30OP2.4ClH.Li.Ru.H/c1-29(23-15-7-3-8-16-23,24-17-9-4-10-18-24)27(28)30(2,25-19-11-5-12-20-25)26-21-13-6-14-22-26;;;;;;;/h3-22,27-30H,1-2H3;4*1H;;;/q;;;;;;+4;/p-4. The maximum atomic E-state index is 12.4. The van der Waals surface area contributed by atoms with Gasteiger partial charge in [-0.3, -0.25) is 0 Å². The monoisotopic (exact) mass is 682 g/mol. The van der Waals surface area contributed by atoms with Crippen molar-refractivity contribution in [2.24, 2.45) is 0 Å². The minimum atomic E-state index is -2.97. The zero-order valence-corrected chi connectivity index (χ0v) is 26.2. The van der Waals surface area contributed by atoms with Crippen LogP contribution in [0.5, 0.6) is 0 Å². The predicted octanol–water partition coefficient (Wildman–Crippen LogP) is 6.43. The Morgan fingerprint density at radius 2 is 0.667 bits per heavy atom. The Kier molecular flexibility index (Phi) is 13.0. The first kappa shape index (κ1) is 32.3. The van der Waals surface area contributed by atoms with Crippen LogP contribution in [-0.4, -0.2) is 42.9 Å². The van der Waals surface area contributed by atoms with Gasteiger partial charge in [-0.2, -0.15) is 0 Å². The van der Waals surface area contributed by atoms with E-state index in [0.29, 0.717) is 0 Å². The summed E-state index contributed by atoms with van der Waals surface area (Å²) in [5.41, 5.74) is -0.431. The zero-order valence-electron chi connectivity index (χ0n) is 19.4. The Hall–Kier alpha value is 0.0808. The van der Waals surface area contributed by atoms with Crippen molar-refractivity contribution in [3.63, 3.8) is 0 Å². The van der Waals surface area contributed by atoms with Crippen LogP contribution < -0.4 is 21.2 Å². The molecule has 0 saturated heterocycles. The van der Waals surface area contributed by atoms with Gasteiger partial charge < -0.3 is 0 Å². The molecule has 0 saturated carbocycles. The van der Waals surface area contributed by atoms with Crippen LogP contribution in [0.25, 0.3) is 0 Å². The van der Waals surface area contributed by atoms with Crippen molar-refractivity contribution < 1.29 is 15.9 Å². The summed E-state index contributed by atoms with van der Waals surface area (Å²) < 4.78 is 0. The molecule has 0 aliphatic rings. The van der Waals surface area contributed by atoms with Crippen LogP contribution >= 0.6 is 53.3 Å². The first-order chi connectivity index (χ1) is 16.6. The van der Waals surface area contributed by atoms with E-state index in [1.165, 1.54) is 21.2 Å². The topological polar surface area (TPSA) is 20.2 Å². The average Bonchev–Trinajstić information content (AvgIpc) is 2.88. The van der Waals surface area contributed by atoms with Gasteiger partial charge in [0.2, 0.25) is 0 Å². The Labute approximate surface area is 247 Å². The summed E-state index contributed by atoms with van der Waals surface area (Å²) in [6, 6.07) is 42.6. The molecule has 0 radical (unpaired) electrons. The van der Waals surface area contributed by atoms with Gasteiger partial charge in [-0.25, -0.2) is 0 Å². The van der Waals surface area contributed by atoms with Gasteiger partial charge in [-0.1, -0.05) is 0 Å². The summed E-state index contributed by atoms with van der Waals surface area (Å²) >= 11 is 0. The third-order valence-corrected chi connectivity index (χ3v) is 18.4. The third kappa shape index (κ3) is 8.05. The van der Waals surface area contributed by atoms with E-state index < -0.39 is 30.9 Å². The second kappa shape index (κ2) is 14.5. The van der Waals surface area contributed by atoms with E-state index in [4.69, 9.17) is 38.8 Å². The molecule has 0 heterocycles. The number of hydrogen-bond donors (Lipinski definition) is 1. The molecular weight excluding hydrogens is 652 g/mol. The van der Waals surface area contributed by atoms with Gasteiger partial charge in [0.1, 0.15) is 0 Å². The normalized spacial score (nSPS) is 13.9. The number of benzene rings is 4. The zero-order chi connectivity index (χ0) is 25.5. The van der Waals surface area contributed by atoms with Crippen LogP contribution in [0.2, 0.25) is 0 Å². The van der Waals surface area contributed by atoms with Gasteiger partial charge in [-0.05, 0) is 0 Å². The van der Waals surface area contributed by atoms with Gasteiger partial charge in [0.25, 0.3) is 0 Å². The summed E-state index contributed by atoms with van der Waals surface area (Å²) in [4.78, 5) is 0. The average molecular weight is 683 g/mol. The summed E-state index contributed by atoms with van der Waals surface area (Å²) in [6.45, 7) is 4.67. The Bertz CT molecular complexity index is 1010. The molecule has 0 aliphatic carbocycles. The summed E-state index contributed by atoms with van der Waals surface area (Å²) in [5.74, 6) is 0. The Balaban J connectivity index is 0.000000694. The minimum absolute atomic E-state index is 0. The molecule has 0 unspecified atom stereocenters. The number of hydrogen-bond acceptors (Lipinski definition) is 1. The number of aliphatic hydroxyl groups is 1. The van der Waals surface area contributed by atoms with E-state index >= 15 is 0 Å². The van der Waals surface area contributed by atoms with E-state index in [0.717, 1.165) is 0 Å². The molecule has 4 aromatic rings. The predicted molar refractivity (Wildman–Crippen MR) is 169 cm³/mol. The van der Waals surface area contributed by atoms with Gasteiger partial charge in [0, 0.05) is 0 Å². The quantitative estimate of drug-likeness (QED) is 0.184. The fraction of sp³-hybridized carbons (Fsp3) is 0.111. The van der Waals surface area contributed by atoms with Gasteiger partial charge in [0.15, 0.2) is 0 Å². The molecule has 192 valence electrons. The van der Waals surface area contributed by atoms with E-state index in [1.54, 1.807) is 0 Å². The number of aliphatic hydroxyl groups excluding tert-OH is 1. The van der Waals surface area contributed by atoms with Crippen molar-refractivity contribution in [2.45, 2.75) is 5.59 Å². The molecule has 4 rings (SSSR count). The molecule has 0 aromatic heterocycles. The van der Waals surface area contributed by atoms with E-state index in [2.05, 4.69) is 135 Å². The van der Waals surface area contributed by atoms with Crippen molar-refractivity contribution >= 4 is 93.4 Å². The molecule has 4 aromatic carbocycles. The Morgan fingerprint density at radius 3 is 0.833 bits per heavy atom. The van der Waals surface area contributed by atoms with E-state index in [-0.39, 0.29) is 18.9 Å². The molecule has 0 bridgehead atoms. The van der Waals surface area contributed by atoms with Crippen molar-refractivity contribution in [1.82, 2.24) is 0 Å². The third-order valence-electron chi connectivity index (χ3n) is 6.59. The van der Waals surface area contributed by atoms with Gasteiger partial charge >= 0.3 is 250 Å². The fourth-order valence-electron chi connectivity index (χ4n) is 4.68. The number of rotatable bonds is 6.